The van der Waals surface area contributed by atoms with Crippen LogP contribution in [0.25, 0.3) is 0 Å². The summed E-state index contributed by atoms with van der Waals surface area (Å²) >= 11 is 0. The predicted octanol–water partition coefficient (Wildman–Crippen LogP) is 0.777. The molecule has 2 heteroatoms. The van der Waals surface area contributed by atoms with Gasteiger partial charge in [0.1, 0.15) is 0 Å². The van der Waals surface area contributed by atoms with Gasteiger partial charge in [0.2, 0.25) is 0 Å². The Morgan fingerprint density at radius 1 is 1.33 bits per heavy atom. The molecule has 0 saturated carbocycles. The van der Waals surface area contributed by atoms with Crippen LogP contribution in [-0.2, 0) is 0 Å². The summed E-state index contributed by atoms with van der Waals surface area (Å²) in [6.45, 7) is 4.34. The molecule has 9 heavy (non-hydrogen) atoms. The van der Waals surface area contributed by atoms with E-state index in [9.17, 15) is 0 Å². The molecule has 0 amide bonds. The Bertz CT molecular complexity index is 67.3. The monoisotopic (exact) mass is 132 g/mol. The number of hydrogen-bond acceptors (Lipinski definition) is 2. The highest BCUT2D eigenvalue weighted by molar-refractivity contribution is 4.69. The highest BCUT2D eigenvalue weighted by Crippen LogP contribution is 2.23. The molecule has 0 spiro atoms. The van der Waals surface area contributed by atoms with Gasteiger partial charge in [-0.1, -0.05) is 13.8 Å². The third-order valence-corrected chi connectivity index (χ3v) is 1.95. The fourth-order valence-corrected chi connectivity index (χ4v) is 0.638. The molecule has 56 valence electrons. The maximum Gasteiger partial charge on any atom is 0.0485 e. The fourth-order valence-electron chi connectivity index (χ4n) is 0.638. The van der Waals surface area contributed by atoms with Crippen LogP contribution < -0.4 is 0 Å². The van der Waals surface area contributed by atoms with Gasteiger partial charge in [-0.15, -0.1) is 0 Å². The smallest absolute Gasteiger partial charge is 0.0485 e. The fraction of sp³-hybridized carbons (Fsp3) is 1.00. The van der Waals surface area contributed by atoms with Crippen LogP contribution in [0, 0.1) is 5.41 Å². The minimum absolute atomic E-state index is 0.0608. The summed E-state index contributed by atoms with van der Waals surface area (Å²) in [5.74, 6) is 0. The zero-order valence-corrected chi connectivity index (χ0v) is 6.22. The average molecular weight is 132 g/mol. The summed E-state index contributed by atoms with van der Waals surface area (Å²) < 4.78 is 0. The minimum Gasteiger partial charge on any atom is -0.396 e. The van der Waals surface area contributed by atoms with Crippen LogP contribution in [0.3, 0.4) is 0 Å². The van der Waals surface area contributed by atoms with E-state index in [4.69, 9.17) is 10.2 Å². The molecule has 0 aromatic heterocycles. The summed E-state index contributed by atoms with van der Waals surface area (Å²) in [5.41, 5.74) is -0.0608. The van der Waals surface area contributed by atoms with Gasteiger partial charge < -0.3 is 10.2 Å². The zero-order chi connectivity index (χ0) is 7.33. The van der Waals surface area contributed by atoms with E-state index in [1.807, 2.05) is 13.8 Å². The van der Waals surface area contributed by atoms with E-state index in [0.29, 0.717) is 6.42 Å². The first-order valence-electron chi connectivity index (χ1n) is 3.40. The van der Waals surface area contributed by atoms with Crippen molar-refractivity contribution in [3.05, 3.63) is 0 Å². The molecule has 0 aromatic carbocycles. The largest absolute Gasteiger partial charge is 0.396 e. The standard InChI is InChI=1S/C7H16O2/c1-3-7(2,6-9)4-5-8/h8-9H,3-6H2,1-2H3/t7-/m1/s1. The van der Waals surface area contributed by atoms with Crippen molar-refractivity contribution < 1.29 is 10.2 Å². The van der Waals surface area contributed by atoms with Gasteiger partial charge in [0.25, 0.3) is 0 Å². The number of aliphatic hydroxyl groups excluding tert-OH is 2. The third-order valence-electron chi connectivity index (χ3n) is 1.95. The van der Waals surface area contributed by atoms with Crippen LogP contribution in [0.2, 0.25) is 0 Å². The van der Waals surface area contributed by atoms with Gasteiger partial charge in [-0.25, -0.2) is 0 Å². The first kappa shape index (κ1) is 8.92. The molecule has 0 unspecified atom stereocenters. The first-order chi connectivity index (χ1) is 4.18. The van der Waals surface area contributed by atoms with Crippen molar-refractivity contribution in [3.63, 3.8) is 0 Å². The summed E-state index contributed by atoms with van der Waals surface area (Å²) in [6, 6.07) is 0. The van der Waals surface area contributed by atoms with E-state index in [0.717, 1.165) is 6.42 Å². The van der Waals surface area contributed by atoms with E-state index in [2.05, 4.69) is 0 Å². The van der Waals surface area contributed by atoms with E-state index < -0.39 is 0 Å². The van der Waals surface area contributed by atoms with Gasteiger partial charge in [-0.3, -0.25) is 0 Å². The maximum absolute atomic E-state index is 8.81. The van der Waals surface area contributed by atoms with Crippen LogP contribution >= 0.6 is 0 Å². The average Bonchev–Trinajstić information content (AvgIpc) is 1.89. The molecule has 0 saturated heterocycles. The molecular formula is C7H16O2. The Labute approximate surface area is 56.5 Å². The lowest BCUT2D eigenvalue weighted by atomic mass is 9.85. The summed E-state index contributed by atoms with van der Waals surface area (Å²) in [4.78, 5) is 0. The Balaban J connectivity index is 3.62. The summed E-state index contributed by atoms with van der Waals surface area (Å²) in [5, 5.41) is 17.4. The van der Waals surface area contributed by atoms with Crippen molar-refractivity contribution in [1.29, 1.82) is 0 Å². The Morgan fingerprint density at radius 2 is 1.89 bits per heavy atom. The highest BCUT2D eigenvalue weighted by atomic mass is 16.3. The van der Waals surface area contributed by atoms with Gasteiger partial charge in [-0.05, 0) is 18.3 Å². The van der Waals surface area contributed by atoms with Crippen LogP contribution in [0.4, 0.5) is 0 Å². The first-order valence-corrected chi connectivity index (χ1v) is 3.40. The Hall–Kier alpha value is -0.0800. The molecule has 2 nitrogen and oxygen atoms in total. The number of hydrogen-bond donors (Lipinski definition) is 2. The van der Waals surface area contributed by atoms with Gasteiger partial charge in [0.15, 0.2) is 0 Å². The van der Waals surface area contributed by atoms with E-state index >= 15 is 0 Å². The molecule has 0 bridgehead atoms. The highest BCUT2D eigenvalue weighted by Gasteiger charge is 2.19. The minimum atomic E-state index is -0.0608. The molecule has 0 aliphatic carbocycles. The zero-order valence-electron chi connectivity index (χ0n) is 6.22. The molecular weight excluding hydrogens is 116 g/mol. The normalized spacial score (nSPS) is 17.3. The molecule has 0 radical (unpaired) electrons. The topological polar surface area (TPSA) is 40.5 Å². The second-order valence-electron chi connectivity index (χ2n) is 2.80. The molecule has 0 aromatic rings. The van der Waals surface area contributed by atoms with Gasteiger partial charge in [0.05, 0.1) is 0 Å². The molecule has 0 aliphatic rings. The lowest BCUT2D eigenvalue weighted by Gasteiger charge is -2.23. The van der Waals surface area contributed by atoms with Crippen LogP contribution in [0.15, 0.2) is 0 Å². The van der Waals surface area contributed by atoms with Gasteiger partial charge in [-0.2, -0.15) is 0 Å². The van der Waals surface area contributed by atoms with Gasteiger partial charge in [0, 0.05) is 13.2 Å². The predicted molar refractivity (Wildman–Crippen MR) is 37.2 cm³/mol. The lowest BCUT2D eigenvalue weighted by Crippen LogP contribution is -2.21. The second kappa shape index (κ2) is 3.85. The number of rotatable bonds is 4. The third kappa shape index (κ3) is 2.82. The molecule has 0 aliphatic heterocycles. The van der Waals surface area contributed by atoms with E-state index in [-0.39, 0.29) is 18.6 Å². The molecule has 1 atom stereocenters. The van der Waals surface area contributed by atoms with Crippen LogP contribution in [0.5, 0.6) is 0 Å². The second-order valence-corrected chi connectivity index (χ2v) is 2.80. The molecule has 0 rings (SSSR count). The van der Waals surface area contributed by atoms with Crippen molar-refractivity contribution in [2.24, 2.45) is 5.41 Å². The molecule has 2 N–H and O–H groups in total. The van der Waals surface area contributed by atoms with Crippen molar-refractivity contribution in [3.8, 4) is 0 Å². The number of aliphatic hydroxyl groups is 2. The van der Waals surface area contributed by atoms with Crippen molar-refractivity contribution >= 4 is 0 Å². The summed E-state index contributed by atoms with van der Waals surface area (Å²) in [6.07, 6.45) is 1.62. The summed E-state index contributed by atoms with van der Waals surface area (Å²) in [7, 11) is 0. The van der Waals surface area contributed by atoms with Crippen molar-refractivity contribution in [2.75, 3.05) is 13.2 Å². The van der Waals surface area contributed by atoms with E-state index in [1.165, 1.54) is 0 Å². The quantitative estimate of drug-likeness (QED) is 0.593. The van der Waals surface area contributed by atoms with Crippen molar-refractivity contribution in [2.45, 2.75) is 26.7 Å². The molecule has 0 fully saturated rings. The molecule has 0 heterocycles. The SMILES string of the molecule is CC[C@@](C)(CO)CCO. The Morgan fingerprint density at radius 3 is 2.00 bits per heavy atom. The van der Waals surface area contributed by atoms with Crippen LogP contribution in [0.1, 0.15) is 26.7 Å². The lowest BCUT2D eigenvalue weighted by molar-refractivity contribution is 0.103. The Kier molecular flexibility index (Phi) is 3.82. The van der Waals surface area contributed by atoms with E-state index in [1.54, 1.807) is 0 Å². The maximum atomic E-state index is 8.81. The van der Waals surface area contributed by atoms with Crippen molar-refractivity contribution in [1.82, 2.24) is 0 Å². The van der Waals surface area contributed by atoms with Crippen LogP contribution in [-0.4, -0.2) is 23.4 Å². The van der Waals surface area contributed by atoms with Gasteiger partial charge >= 0.3 is 0 Å².